The topological polar surface area (TPSA) is 38.8 Å². The van der Waals surface area contributed by atoms with Crippen LogP contribution in [0.5, 0.6) is 0 Å². The van der Waals surface area contributed by atoms with E-state index in [9.17, 15) is 4.79 Å². The van der Waals surface area contributed by atoms with E-state index in [0.29, 0.717) is 26.3 Å². The van der Waals surface area contributed by atoms with Crippen LogP contribution in [-0.4, -0.2) is 44.3 Å². The van der Waals surface area contributed by atoms with Gasteiger partial charge in [-0.3, -0.25) is 9.69 Å². The van der Waals surface area contributed by atoms with Crippen molar-refractivity contribution >= 4 is 5.97 Å². The van der Waals surface area contributed by atoms with Crippen LogP contribution in [0.15, 0.2) is 18.2 Å². The maximum Gasteiger partial charge on any atom is 0.320 e. The number of nitrogens with zero attached hydrogens (tertiary/aromatic N) is 1. The number of rotatable bonds is 8. The maximum absolute atomic E-state index is 11.7. The number of methoxy groups -OCH3 is 1. The summed E-state index contributed by atoms with van der Waals surface area (Å²) in [5.41, 5.74) is 3.71. The minimum atomic E-state index is -0.186. The summed E-state index contributed by atoms with van der Waals surface area (Å²) in [6, 6.07) is 6.38. The SMILES string of the molecule is CCOC(=O)CN(CCOC)Cc1cc(C)ccc1C. The molecule has 0 bridgehead atoms. The van der Waals surface area contributed by atoms with Crippen molar-refractivity contribution in [1.29, 1.82) is 0 Å². The number of hydrogen-bond acceptors (Lipinski definition) is 4. The quantitative estimate of drug-likeness (QED) is 0.685. The number of carbonyl (C=O) groups excluding carboxylic acids is 1. The van der Waals surface area contributed by atoms with Gasteiger partial charge in [0.1, 0.15) is 0 Å². The third kappa shape index (κ3) is 5.72. The van der Waals surface area contributed by atoms with E-state index >= 15 is 0 Å². The molecule has 0 aliphatic heterocycles. The van der Waals surface area contributed by atoms with Gasteiger partial charge < -0.3 is 9.47 Å². The van der Waals surface area contributed by atoms with Gasteiger partial charge in [0.2, 0.25) is 0 Å². The third-order valence-electron chi connectivity index (χ3n) is 3.17. The normalized spacial score (nSPS) is 10.8. The Balaban J connectivity index is 2.72. The maximum atomic E-state index is 11.7. The van der Waals surface area contributed by atoms with Crippen LogP contribution in [0.2, 0.25) is 0 Å². The van der Waals surface area contributed by atoms with E-state index in [1.54, 1.807) is 7.11 Å². The Bertz CT molecular complexity index is 432. The first kappa shape index (κ1) is 16.7. The lowest BCUT2D eigenvalue weighted by atomic mass is 10.1. The van der Waals surface area contributed by atoms with Crippen molar-refractivity contribution in [2.45, 2.75) is 27.3 Å². The molecule has 0 N–H and O–H groups in total. The van der Waals surface area contributed by atoms with E-state index in [4.69, 9.17) is 9.47 Å². The van der Waals surface area contributed by atoms with Crippen molar-refractivity contribution in [1.82, 2.24) is 4.90 Å². The van der Waals surface area contributed by atoms with Crippen LogP contribution in [-0.2, 0) is 20.8 Å². The first-order chi connectivity index (χ1) is 9.56. The Morgan fingerprint density at radius 3 is 2.70 bits per heavy atom. The fraction of sp³-hybridized carbons (Fsp3) is 0.562. The minimum Gasteiger partial charge on any atom is -0.465 e. The molecule has 1 aromatic carbocycles. The van der Waals surface area contributed by atoms with Crippen molar-refractivity contribution in [2.24, 2.45) is 0 Å². The molecule has 0 aliphatic rings. The van der Waals surface area contributed by atoms with E-state index in [-0.39, 0.29) is 5.97 Å². The molecule has 0 spiro atoms. The number of ether oxygens (including phenoxy) is 2. The van der Waals surface area contributed by atoms with Crippen LogP contribution in [0.25, 0.3) is 0 Å². The van der Waals surface area contributed by atoms with Gasteiger partial charge in [0, 0.05) is 20.2 Å². The predicted molar refractivity (Wildman–Crippen MR) is 79.7 cm³/mol. The summed E-state index contributed by atoms with van der Waals surface area (Å²) in [5, 5.41) is 0. The van der Waals surface area contributed by atoms with Crippen LogP contribution in [0.1, 0.15) is 23.6 Å². The predicted octanol–water partition coefficient (Wildman–Crippen LogP) is 2.31. The highest BCUT2D eigenvalue weighted by atomic mass is 16.5. The molecule has 0 unspecified atom stereocenters. The molecule has 1 rings (SSSR count). The van der Waals surface area contributed by atoms with Gasteiger partial charge in [0.25, 0.3) is 0 Å². The molecule has 0 atom stereocenters. The van der Waals surface area contributed by atoms with Crippen LogP contribution >= 0.6 is 0 Å². The fourth-order valence-corrected chi connectivity index (χ4v) is 2.04. The van der Waals surface area contributed by atoms with E-state index < -0.39 is 0 Å². The first-order valence-electron chi connectivity index (χ1n) is 6.99. The summed E-state index contributed by atoms with van der Waals surface area (Å²) in [4.78, 5) is 13.7. The molecule has 0 saturated heterocycles. The second-order valence-electron chi connectivity index (χ2n) is 4.94. The van der Waals surface area contributed by atoms with Crippen molar-refractivity contribution in [3.8, 4) is 0 Å². The smallest absolute Gasteiger partial charge is 0.320 e. The molecule has 0 heterocycles. The Morgan fingerprint density at radius 1 is 1.30 bits per heavy atom. The Morgan fingerprint density at radius 2 is 2.05 bits per heavy atom. The average molecular weight is 279 g/mol. The van der Waals surface area contributed by atoms with Gasteiger partial charge in [-0.15, -0.1) is 0 Å². The fourth-order valence-electron chi connectivity index (χ4n) is 2.04. The van der Waals surface area contributed by atoms with Gasteiger partial charge in [-0.05, 0) is 31.9 Å². The standard InChI is InChI=1S/C16H25NO3/c1-5-20-16(18)12-17(8-9-19-4)11-15-10-13(2)6-7-14(15)3/h6-7,10H,5,8-9,11-12H2,1-4H3. The number of carbonyl (C=O) groups is 1. The average Bonchev–Trinajstić information content (AvgIpc) is 2.40. The van der Waals surface area contributed by atoms with Crippen molar-refractivity contribution in [3.63, 3.8) is 0 Å². The molecule has 112 valence electrons. The highest BCUT2D eigenvalue weighted by Gasteiger charge is 2.13. The molecular weight excluding hydrogens is 254 g/mol. The van der Waals surface area contributed by atoms with Gasteiger partial charge in [-0.2, -0.15) is 0 Å². The van der Waals surface area contributed by atoms with E-state index in [0.717, 1.165) is 6.54 Å². The van der Waals surface area contributed by atoms with Crippen LogP contribution in [0.3, 0.4) is 0 Å². The highest BCUT2D eigenvalue weighted by Crippen LogP contribution is 2.13. The lowest BCUT2D eigenvalue weighted by Crippen LogP contribution is -2.33. The zero-order chi connectivity index (χ0) is 15.0. The summed E-state index contributed by atoms with van der Waals surface area (Å²) in [6.45, 7) is 8.75. The molecule has 4 heteroatoms. The molecule has 0 fully saturated rings. The van der Waals surface area contributed by atoms with Crippen molar-refractivity contribution < 1.29 is 14.3 Å². The number of esters is 1. The van der Waals surface area contributed by atoms with Crippen molar-refractivity contribution in [3.05, 3.63) is 34.9 Å². The second-order valence-corrected chi connectivity index (χ2v) is 4.94. The van der Waals surface area contributed by atoms with Crippen molar-refractivity contribution in [2.75, 3.05) is 33.4 Å². The molecule has 0 aromatic heterocycles. The Kier molecular flexibility index (Phi) is 7.26. The first-order valence-corrected chi connectivity index (χ1v) is 6.99. The van der Waals surface area contributed by atoms with Crippen LogP contribution in [0.4, 0.5) is 0 Å². The third-order valence-corrected chi connectivity index (χ3v) is 3.17. The molecule has 0 saturated carbocycles. The lowest BCUT2D eigenvalue weighted by Gasteiger charge is -2.22. The van der Waals surface area contributed by atoms with Gasteiger partial charge in [-0.1, -0.05) is 23.8 Å². The Hall–Kier alpha value is -1.39. The summed E-state index contributed by atoms with van der Waals surface area (Å²) >= 11 is 0. The molecular formula is C16H25NO3. The number of hydrogen-bond donors (Lipinski definition) is 0. The van der Waals surface area contributed by atoms with Crippen LogP contribution in [0, 0.1) is 13.8 Å². The molecule has 0 amide bonds. The second kappa shape index (κ2) is 8.72. The van der Waals surface area contributed by atoms with Crippen LogP contribution < -0.4 is 0 Å². The van der Waals surface area contributed by atoms with E-state index in [1.807, 2.05) is 6.92 Å². The van der Waals surface area contributed by atoms with Gasteiger partial charge in [0.05, 0.1) is 19.8 Å². The van der Waals surface area contributed by atoms with Gasteiger partial charge in [0.15, 0.2) is 0 Å². The molecule has 0 radical (unpaired) electrons. The van der Waals surface area contributed by atoms with E-state index in [2.05, 4.69) is 36.9 Å². The summed E-state index contributed by atoms with van der Waals surface area (Å²) in [7, 11) is 1.67. The lowest BCUT2D eigenvalue weighted by molar-refractivity contribution is -0.144. The summed E-state index contributed by atoms with van der Waals surface area (Å²) < 4.78 is 10.1. The number of aryl methyl sites for hydroxylation is 2. The largest absolute Gasteiger partial charge is 0.465 e. The Labute approximate surface area is 121 Å². The van der Waals surface area contributed by atoms with E-state index in [1.165, 1.54) is 16.7 Å². The van der Waals surface area contributed by atoms with Gasteiger partial charge in [-0.25, -0.2) is 0 Å². The molecule has 1 aromatic rings. The summed E-state index contributed by atoms with van der Waals surface area (Å²) in [6.07, 6.45) is 0. The summed E-state index contributed by atoms with van der Waals surface area (Å²) in [5.74, 6) is -0.186. The molecule has 20 heavy (non-hydrogen) atoms. The number of benzene rings is 1. The molecule has 0 aliphatic carbocycles. The molecule has 4 nitrogen and oxygen atoms in total. The minimum absolute atomic E-state index is 0.186. The zero-order valence-corrected chi connectivity index (χ0v) is 12.9. The highest BCUT2D eigenvalue weighted by molar-refractivity contribution is 5.71. The zero-order valence-electron chi connectivity index (χ0n) is 12.9. The monoisotopic (exact) mass is 279 g/mol. The van der Waals surface area contributed by atoms with Gasteiger partial charge >= 0.3 is 5.97 Å².